The van der Waals surface area contributed by atoms with Gasteiger partial charge in [-0.15, -0.1) is 11.3 Å². The minimum absolute atomic E-state index is 0.0957. The third-order valence-electron chi connectivity index (χ3n) is 4.31. The fraction of sp³-hybridized carbons (Fsp3) is 0.235. The lowest BCUT2D eigenvalue weighted by Gasteiger charge is -2.23. The molecule has 4 heteroatoms. The number of aromatic nitrogens is 1. The van der Waals surface area contributed by atoms with Crippen LogP contribution in [0, 0.1) is 0 Å². The van der Waals surface area contributed by atoms with Crippen molar-refractivity contribution in [1.82, 2.24) is 4.57 Å². The summed E-state index contributed by atoms with van der Waals surface area (Å²) in [7, 11) is 1.97. The van der Waals surface area contributed by atoms with E-state index in [0.29, 0.717) is 0 Å². The molecular weight excluding hydrogens is 280 g/mol. The molecule has 3 heterocycles. The molecule has 3 aromatic rings. The van der Waals surface area contributed by atoms with Gasteiger partial charge in [0.05, 0.1) is 10.2 Å². The summed E-state index contributed by atoms with van der Waals surface area (Å²) >= 11 is 1.68. The van der Waals surface area contributed by atoms with Gasteiger partial charge in [0.1, 0.15) is 5.69 Å². The van der Waals surface area contributed by atoms with Crippen LogP contribution in [0.1, 0.15) is 23.0 Å². The number of thiophene rings is 1. The maximum atomic E-state index is 13.0. The summed E-state index contributed by atoms with van der Waals surface area (Å²) in [6.45, 7) is 2.11. The number of aryl methyl sites for hydroxylation is 1. The van der Waals surface area contributed by atoms with Crippen molar-refractivity contribution >= 4 is 33.1 Å². The molecule has 0 spiro atoms. The summed E-state index contributed by atoms with van der Waals surface area (Å²) in [5, 5.41) is 2.06. The van der Waals surface area contributed by atoms with Gasteiger partial charge in [-0.1, -0.05) is 18.2 Å². The Hall–Kier alpha value is -2.07. The lowest BCUT2D eigenvalue weighted by molar-refractivity contribution is 0.0974. The van der Waals surface area contributed by atoms with Gasteiger partial charge in [-0.05, 0) is 42.5 Å². The van der Waals surface area contributed by atoms with Crippen LogP contribution in [0.25, 0.3) is 10.2 Å². The molecule has 0 saturated heterocycles. The maximum Gasteiger partial charge on any atom is 0.275 e. The number of amides is 1. The Morgan fingerprint density at radius 2 is 2.10 bits per heavy atom. The molecule has 0 radical (unpaired) electrons. The Morgan fingerprint density at radius 1 is 1.29 bits per heavy atom. The van der Waals surface area contributed by atoms with Gasteiger partial charge in [0.2, 0.25) is 0 Å². The molecule has 106 valence electrons. The van der Waals surface area contributed by atoms with E-state index in [-0.39, 0.29) is 11.9 Å². The molecule has 3 nitrogen and oxygen atoms in total. The van der Waals surface area contributed by atoms with Crippen molar-refractivity contribution in [3.05, 3.63) is 53.0 Å². The number of rotatable bonds is 1. The first kappa shape index (κ1) is 12.7. The molecule has 1 aliphatic rings. The molecular formula is C17H16N2OS. The van der Waals surface area contributed by atoms with Crippen LogP contribution >= 0.6 is 11.3 Å². The summed E-state index contributed by atoms with van der Waals surface area (Å²) in [5.74, 6) is 0.0957. The summed E-state index contributed by atoms with van der Waals surface area (Å²) < 4.78 is 3.17. The van der Waals surface area contributed by atoms with Crippen LogP contribution in [-0.2, 0) is 13.5 Å². The van der Waals surface area contributed by atoms with E-state index in [2.05, 4.69) is 24.4 Å². The van der Waals surface area contributed by atoms with E-state index in [1.54, 1.807) is 11.3 Å². The van der Waals surface area contributed by atoms with Gasteiger partial charge in [-0.2, -0.15) is 0 Å². The topological polar surface area (TPSA) is 25.2 Å². The highest BCUT2D eigenvalue weighted by Gasteiger charge is 2.32. The Morgan fingerprint density at radius 3 is 2.90 bits per heavy atom. The highest BCUT2D eigenvalue weighted by atomic mass is 32.1. The first-order chi connectivity index (χ1) is 10.2. The molecule has 0 fully saturated rings. The molecule has 0 bridgehead atoms. The standard InChI is InChI=1S/C17H16N2OS/c1-11-9-12-5-3-4-6-13(12)19(11)17(20)15-10-16-14(18(15)2)7-8-21-16/h3-8,10-11H,9H2,1-2H3. The Kier molecular flexibility index (Phi) is 2.69. The third-order valence-corrected chi connectivity index (χ3v) is 5.16. The predicted molar refractivity (Wildman–Crippen MR) is 87.2 cm³/mol. The monoisotopic (exact) mass is 296 g/mol. The predicted octanol–water partition coefficient (Wildman–Crippen LogP) is 3.83. The molecule has 21 heavy (non-hydrogen) atoms. The molecule has 1 aromatic carbocycles. The number of nitrogens with zero attached hydrogens (tertiary/aromatic N) is 2. The van der Waals surface area contributed by atoms with Crippen molar-refractivity contribution in [3.8, 4) is 0 Å². The molecule has 0 N–H and O–H groups in total. The number of para-hydroxylation sites is 1. The average Bonchev–Trinajstić information content (AvgIpc) is 3.12. The van der Waals surface area contributed by atoms with E-state index in [1.807, 2.05) is 40.8 Å². The quantitative estimate of drug-likeness (QED) is 0.670. The zero-order valence-electron chi connectivity index (χ0n) is 12.0. The average molecular weight is 296 g/mol. The van der Waals surface area contributed by atoms with Gasteiger partial charge in [0.15, 0.2) is 0 Å². The van der Waals surface area contributed by atoms with Crippen molar-refractivity contribution in [2.75, 3.05) is 4.90 Å². The van der Waals surface area contributed by atoms with E-state index in [9.17, 15) is 4.79 Å². The summed E-state index contributed by atoms with van der Waals surface area (Å²) in [6.07, 6.45) is 0.931. The smallest absolute Gasteiger partial charge is 0.275 e. The molecule has 1 atom stereocenters. The zero-order chi connectivity index (χ0) is 14.6. The van der Waals surface area contributed by atoms with Crippen molar-refractivity contribution < 1.29 is 4.79 Å². The Labute approximate surface area is 127 Å². The lowest BCUT2D eigenvalue weighted by atomic mass is 10.1. The number of anilines is 1. The Bertz CT molecular complexity index is 845. The van der Waals surface area contributed by atoms with Gasteiger partial charge < -0.3 is 9.47 Å². The molecule has 1 amide bonds. The number of fused-ring (bicyclic) bond motifs is 2. The fourth-order valence-electron chi connectivity index (χ4n) is 3.25. The van der Waals surface area contributed by atoms with Crippen LogP contribution in [0.3, 0.4) is 0 Å². The molecule has 1 aliphatic heterocycles. The number of carbonyl (C=O) groups excluding carboxylic acids is 1. The van der Waals surface area contributed by atoms with Gasteiger partial charge in [-0.25, -0.2) is 0 Å². The molecule has 1 unspecified atom stereocenters. The first-order valence-corrected chi connectivity index (χ1v) is 7.99. The van der Waals surface area contributed by atoms with Crippen molar-refractivity contribution in [2.24, 2.45) is 7.05 Å². The first-order valence-electron chi connectivity index (χ1n) is 7.11. The zero-order valence-corrected chi connectivity index (χ0v) is 12.9. The van der Waals surface area contributed by atoms with E-state index >= 15 is 0 Å². The van der Waals surface area contributed by atoms with Crippen molar-refractivity contribution in [3.63, 3.8) is 0 Å². The SMILES string of the molecule is CC1Cc2ccccc2N1C(=O)c1cc2sccc2n1C. The summed E-state index contributed by atoms with van der Waals surface area (Å²) in [5.41, 5.74) is 4.21. The summed E-state index contributed by atoms with van der Waals surface area (Å²) in [6, 6.07) is 12.5. The second-order valence-corrected chi connectivity index (χ2v) is 6.56. The lowest BCUT2D eigenvalue weighted by Crippen LogP contribution is -2.36. The fourth-order valence-corrected chi connectivity index (χ4v) is 4.10. The number of carbonyl (C=O) groups is 1. The van der Waals surface area contributed by atoms with Crippen molar-refractivity contribution in [2.45, 2.75) is 19.4 Å². The van der Waals surface area contributed by atoms with Gasteiger partial charge in [0.25, 0.3) is 5.91 Å². The highest BCUT2D eigenvalue weighted by molar-refractivity contribution is 7.17. The molecule has 2 aromatic heterocycles. The highest BCUT2D eigenvalue weighted by Crippen LogP contribution is 2.34. The van der Waals surface area contributed by atoms with Crippen LogP contribution in [0.5, 0.6) is 0 Å². The number of hydrogen-bond donors (Lipinski definition) is 0. The van der Waals surface area contributed by atoms with E-state index in [0.717, 1.165) is 23.3 Å². The van der Waals surface area contributed by atoms with Crippen molar-refractivity contribution in [1.29, 1.82) is 0 Å². The van der Waals surface area contributed by atoms with E-state index < -0.39 is 0 Å². The normalized spacial score (nSPS) is 17.4. The van der Waals surface area contributed by atoms with Crippen LogP contribution in [0.4, 0.5) is 5.69 Å². The van der Waals surface area contributed by atoms with E-state index in [4.69, 9.17) is 0 Å². The van der Waals surface area contributed by atoms with Crippen LogP contribution in [0.2, 0.25) is 0 Å². The third kappa shape index (κ3) is 1.75. The van der Waals surface area contributed by atoms with Crippen LogP contribution < -0.4 is 4.90 Å². The maximum absolute atomic E-state index is 13.0. The number of hydrogen-bond acceptors (Lipinski definition) is 2. The van der Waals surface area contributed by atoms with Crippen LogP contribution in [0.15, 0.2) is 41.8 Å². The van der Waals surface area contributed by atoms with E-state index in [1.165, 1.54) is 10.3 Å². The van der Waals surface area contributed by atoms with Gasteiger partial charge >= 0.3 is 0 Å². The Balaban J connectivity index is 1.81. The molecule has 0 aliphatic carbocycles. The minimum atomic E-state index is 0.0957. The summed E-state index contributed by atoms with van der Waals surface area (Å²) in [4.78, 5) is 15.0. The largest absolute Gasteiger partial charge is 0.339 e. The number of benzene rings is 1. The van der Waals surface area contributed by atoms with Crippen LogP contribution in [-0.4, -0.2) is 16.5 Å². The second kappa shape index (κ2) is 4.46. The molecule has 4 rings (SSSR count). The van der Waals surface area contributed by atoms with Gasteiger partial charge in [0, 0.05) is 18.8 Å². The molecule has 0 saturated carbocycles. The second-order valence-electron chi connectivity index (χ2n) is 5.62. The van der Waals surface area contributed by atoms with Gasteiger partial charge in [-0.3, -0.25) is 4.79 Å². The minimum Gasteiger partial charge on any atom is -0.339 e.